The molecule has 0 bridgehead atoms. The van der Waals surface area contributed by atoms with Crippen molar-refractivity contribution in [3.05, 3.63) is 53.0 Å². The zero-order valence-corrected chi connectivity index (χ0v) is 14.3. The van der Waals surface area contributed by atoms with Crippen molar-refractivity contribution >= 4 is 11.5 Å². The molecule has 1 fully saturated rings. The second-order valence-corrected chi connectivity index (χ2v) is 7.77. The number of benzene rings is 1. The lowest BCUT2D eigenvalue weighted by Gasteiger charge is -2.43. The van der Waals surface area contributed by atoms with Gasteiger partial charge in [0.1, 0.15) is 0 Å². The van der Waals surface area contributed by atoms with Crippen molar-refractivity contribution in [3.63, 3.8) is 0 Å². The van der Waals surface area contributed by atoms with Crippen molar-refractivity contribution in [1.29, 1.82) is 0 Å². The molecule has 0 unspecified atom stereocenters. The number of hydrogen-bond donors (Lipinski definition) is 0. The van der Waals surface area contributed by atoms with Gasteiger partial charge in [-0.05, 0) is 28.1 Å². The first-order valence-electron chi connectivity index (χ1n) is 7.83. The number of ether oxygens (including phenoxy) is 1. The maximum absolute atomic E-state index is 6.43. The highest BCUT2D eigenvalue weighted by molar-refractivity contribution is 7.03. The zero-order valence-electron chi connectivity index (χ0n) is 13.5. The molecule has 1 aliphatic heterocycles. The Morgan fingerprint density at radius 2 is 2.00 bits per heavy atom. The molecule has 0 N–H and O–H groups in total. The predicted octanol–water partition coefficient (Wildman–Crippen LogP) is 4.13. The smallest absolute Gasteiger partial charge is 0.0956 e. The minimum absolute atomic E-state index is 0.137. The Morgan fingerprint density at radius 3 is 2.64 bits per heavy atom. The number of morpholine rings is 1. The second-order valence-electron chi connectivity index (χ2n) is 7.12. The molecule has 1 aliphatic rings. The number of nitrogens with zero attached hydrogens (tertiary/aromatic N) is 2. The molecule has 2 atom stereocenters. The van der Waals surface area contributed by atoms with E-state index in [2.05, 4.69) is 65.8 Å². The van der Waals surface area contributed by atoms with E-state index < -0.39 is 0 Å². The van der Waals surface area contributed by atoms with E-state index in [4.69, 9.17) is 4.74 Å². The average molecular weight is 316 g/mol. The first-order valence-corrected chi connectivity index (χ1v) is 8.67. The number of rotatable bonds is 3. The molecule has 1 saturated heterocycles. The van der Waals surface area contributed by atoms with Crippen LogP contribution >= 0.6 is 11.5 Å². The monoisotopic (exact) mass is 316 g/mol. The van der Waals surface area contributed by atoms with Crippen LogP contribution in [-0.2, 0) is 11.3 Å². The van der Waals surface area contributed by atoms with Crippen molar-refractivity contribution in [2.45, 2.75) is 39.5 Å². The van der Waals surface area contributed by atoms with E-state index in [0.717, 1.165) is 19.6 Å². The van der Waals surface area contributed by atoms with Crippen LogP contribution in [0.25, 0.3) is 0 Å². The summed E-state index contributed by atoms with van der Waals surface area (Å²) in [4.78, 5) is 2.50. The van der Waals surface area contributed by atoms with Crippen molar-refractivity contribution in [2.75, 3.05) is 13.1 Å². The van der Waals surface area contributed by atoms with Crippen LogP contribution in [0.5, 0.6) is 0 Å². The summed E-state index contributed by atoms with van der Waals surface area (Å²) in [5.41, 5.74) is 2.70. The van der Waals surface area contributed by atoms with Gasteiger partial charge in [0.2, 0.25) is 0 Å². The van der Waals surface area contributed by atoms with Crippen LogP contribution in [0.15, 0.2) is 41.9 Å². The largest absolute Gasteiger partial charge is 0.367 e. The molecule has 3 nitrogen and oxygen atoms in total. The maximum atomic E-state index is 6.43. The number of aromatic nitrogens is 1. The molecule has 2 heterocycles. The van der Waals surface area contributed by atoms with Gasteiger partial charge in [0, 0.05) is 31.2 Å². The highest BCUT2D eigenvalue weighted by Gasteiger charge is 2.35. The lowest BCUT2D eigenvalue weighted by molar-refractivity contribution is -0.130. The third-order valence-corrected chi connectivity index (χ3v) is 4.84. The van der Waals surface area contributed by atoms with Gasteiger partial charge in [-0.1, -0.05) is 51.1 Å². The summed E-state index contributed by atoms with van der Waals surface area (Å²) in [6.45, 7) is 9.64. The van der Waals surface area contributed by atoms with Gasteiger partial charge in [-0.25, -0.2) is 4.37 Å². The van der Waals surface area contributed by atoms with Crippen LogP contribution in [-0.4, -0.2) is 28.5 Å². The van der Waals surface area contributed by atoms with Crippen LogP contribution < -0.4 is 0 Å². The highest BCUT2D eigenvalue weighted by atomic mass is 32.1. The summed E-state index contributed by atoms with van der Waals surface area (Å²) in [5, 5.41) is 2.14. The SMILES string of the molecule is CC(C)(C)[C@H]1CN(Cc2cnsc2)C[C@@H](c2ccccc2)O1. The fourth-order valence-electron chi connectivity index (χ4n) is 2.85. The summed E-state index contributed by atoms with van der Waals surface area (Å²) in [5.74, 6) is 0. The van der Waals surface area contributed by atoms with Crippen molar-refractivity contribution in [2.24, 2.45) is 5.41 Å². The molecule has 118 valence electrons. The fraction of sp³-hybridized carbons (Fsp3) is 0.500. The number of hydrogen-bond acceptors (Lipinski definition) is 4. The second kappa shape index (κ2) is 6.49. The van der Waals surface area contributed by atoms with Gasteiger partial charge in [0.05, 0.1) is 12.2 Å². The Morgan fingerprint density at radius 1 is 1.23 bits per heavy atom. The van der Waals surface area contributed by atoms with Crippen LogP contribution in [0, 0.1) is 5.41 Å². The summed E-state index contributed by atoms with van der Waals surface area (Å²) in [6, 6.07) is 10.6. The molecule has 1 aromatic heterocycles. The summed E-state index contributed by atoms with van der Waals surface area (Å²) >= 11 is 1.52. The van der Waals surface area contributed by atoms with Crippen molar-refractivity contribution in [1.82, 2.24) is 9.27 Å². The molecule has 0 radical (unpaired) electrons. The molecule has 0 saturated carbocycles. The Hall–Kier alpha value is -1.23. The fourth-order valence-corrected chi connectivity index (χ4v) is 3.38. The standard InChI is InChI=1S/C18H24N2OS/c1-18(2,3)17-12-20(10-14-9-19-22-13-14)11-16(21-17)15-7-5-4-6-8-15/h4-9,13,16-17H,10-12H2,1-3H3/t16-,17+/m0/s1. The van der Waals surface area contributed by atoms with Crippen LogP contribution in [0.4, 0.5) is 0 Å². The molecule has 0 spiro atoms. The van der Waals surface area contributed by atoms with Gasteiger partial charge in [0.15, 0.2) is 0 Å². The van der Waals surface area contributed by atoms with Crippen LogP contribution in [0.2, 0.25) is 0 Å². The topological polar surface area (TPSA) is 25.4 Å². The van der Waals surface area contributed by atoms with Gasteiger partial charge >= 0.3 is 0 Å². The van der Waals surface area contributed by atoms with Crippen molar-refractivity contribution < 1.29 is 4.74 Å². The van der Waals surface area contributed by atoms with Gasteiger partial charge in [-0.3, -0.25) is 4.90 Å². The van der Waals surface area contributed by atoms with Gasteiger partial charge in [-0.15, -0.1) is 0 Å². The zero-order chi connectivity index (χ0) is 15.6. The van der Waals surface area contributed by atoms with E-state index in [1.54, 1.807) is 0 Å². The van der Waals surface area contributed by atoms with E-state index in [0.29, 0.717) is 0 Å². The van der Waals surface area contributed by atoms with Gasteiger partial charge in [-0.2, -0.15) is 0 Å². The molecule has 0 aliphatic carbocycles. The quantitative estimate of drug-likeness (QED) is 0.851. The van der Waals surface area contributed by atoms with E-state index in [9.17, 15) is 0 Å². The maximum Gasteiger partial charge on any atom is 0.0956 e. The molecular formula is C18H24N2OS. The molecule has 2 aromatic rings. The van der Waals surface area contributed by atoms with E-state index in [-0.39, 0.29) is 17.6 Å². The molecule has 1 aromatic carbocycles. The normalized spacial score (nSPS) is 23.6. The van der Waals surface area contributed by atoms with E-state index in [1.165, 1.54) is 22.7 Å². The lowest BCUT2D eigenvalue weighted by Crippen LogP contribution is -2.48. The Kier molecular flexibility index (Phi) is 4.62. The Balaban J connectivity index is 1.79. The minimum atomic E-state index is 0.137. The van der Waals surface area contributed by atoms with Crippen LogP contribution in [0.3, 0.4) is 0 Å². The predicted molar refractivity (Wildman–Crippen MR) is 90.9 cm³/mol. The molecule has 0 amide bonds. The molecular weight excluding hydrogens is 292 g/mol. The Labute approximate surface area is 137 Å². The molecule has 3 rings (SSSR count). The first-order chi connectivity index (χ1) is 10.5. The van der Waals surface area contributed by atoms with Gasteiger partial charge in [0.25, 0.3) is 0 Å². The highest BCUT2D eigenvalue weighted by Crippen LogP contribution is 2.33. The molecule has 4 heteroatoms. The van der Waals surface area contributed by atoms with E-state index >= 15 is 0 Å². The lowest BCUT2D eigenvalue weighted by atomic mass is 9.87. The Bertz CT molecular complexity index is 577. The average Bonchev–Trinajstić information content (AvgIpc) is 3.00. The van der Waals surface area contributed by atoms with Crippen LogP contribution in [0.1, 0.15) is 38.0 Å². The summed E-state index contributed by atoms with van der Waals surface area (Å²) in [6.07, 6.45) is 2.35. The third-order valence-electron chi connectivity index (χ3n) is 4.20. The van der Waals surface area contributed by atoms with E-state index in [1.807, 2.05) is 6.20 Å². The minimum Gasteiger partial charge on any atom is -0.367 e. The summed E-state index contributed by atoms with van der Waals surface area (Å²) < 4.78 is 10.6. The van der Waals surface area contributed by atoms with Gasteiger partial charge < -0.3 is 4.74 Å². The third kappa shape index (κ3) is 3.75. The van der Waals surface area contributed by atoms with Crippen molar-refractivity contribution in [3.8, 4) is 0 Å². The first kappa shape index (κ1) is 15.7. The molecule has 22 heavy (non-hydrogen) atoms. The summed E-state index contributed by atoms with van der Waals surface area (Å²) in [7, 11) is 0.